The molecule has 3 heteroatoms. The number of aryl methyl sites for hydroxylation is 1. The molecule has 1 aromatic carbocycles. The lowest BCUT2D eigenvalue weighted by atomic mass is 9.87. The van der Waals surface area contributed by atoms with Gasteiger partial charge in [0.05, 0.1) is 6.61 Å². The lowest BCUT2D eigenvalue weighted by molar-refractivity contribution is 0.00992. The van der Waals surface area contributed by atoms with Gasteiger partial charge in [-0.15, -0.1) is 0 Å². The highest BCUT2D eigenvalue weighted by molar-refractivity contribution is 5.39. The molecule has 1 fully saturated rings. The van der Waals surface area contributed by atoms with E-state index in [1.165, 1.54) is 36.8 Å². The molecule has 0 radical (unpaired) electrons. The average Bonchev–Trinajstić information content (AvgIpc) is 3.28. The fourth-order valence-corrected chi connectivity index (χ4v) is 2.95. The van der Waals surface area contributed by atoms with Crippen molar-refractivity contribution in [2.45, 2.75) is 45.1 Å². The third-order valence-corrected chi connectivity index (χ3v) is 4.24. The zero-order chi connectivity index (χ0) is 13.8. The summed E-state index contributed by atoms with van der Waals surface area (Å²) in [6, 6.07) is 7.01. The Hall–Kier alpha value is -1.06. The van der Waals surface area contributed by atoms with Crippen LogP contribution in [0.15, 0.2) is 18.2 Å². The first-order valence-electron chi connectivity index (χ1n) is 7.93. The van der Waals surface area contributed by atoms with E-state index < -0.39 is 0 Å². The van der Waals surface area contributed by atoms with Crippen LogP contribution in [0.3, 0.4) is 0 Å². The van der Waals surface area contributed by atoms with E-state index in [-0.39, 0.29) is 0 Å². The molecule has 0 bridgehead atoms. The van der Waals surface area contributed by atoms with Gasteiger partial charge in [-0.2, -0.15) is 0 Å². The SMILES string of the molecule is CCNC1CCCc2cc(OCOCC3CC3)ccc21. The molecule has 0 heterocycles. The Morgan fingerprint density at radius 1 is 1.25 bits per heavy atom. The fourth-order valence-electron chi connectivity index (χ4n) is 2.95. The van der Waals surface area contributed by atoms with Gasteiger partial charge in [-0.1, -0.05) is 13.0 Å². The van der Waals surface area contributed by atoms with E-state index in [4.69, 9.17) is 9.47 Å². The Bertz CT molecular complexity index is 443. The van der Waals surface area contributed by atoms with Gasteiger partial charge in [0.1, 0.15) is 5.75 Å². The van der Waals surface area contributed by atoms with Crippen LogP contribution in [0, 0.1) is 5.92 Å². The predicted octanol–water partition coefficient (Wildman–Crippen LogP) is 3.44. The number of hydrogen-bond acceptors (Lipinski definition) is 3. The first-order valence-corrected chi connectivity index (χ1v) is 7.93. The molecule has 1 aromatic rings. The maximum absolute atomic E-state index is 5.70. The third-order valence-electron chi connectivity index (χ3n) is 4.24. The highest BCUT2D eigenvalue weighted by atomic mass is 16.7. The number of hydrogen-bond donors (Lipinski definition) is 1. The molecular formula is C17H25NO2. The summed E-state index contributed by atoms with van der Waals surface area (Å²) in [6.45, 7) is 4.43. The van der Waals surface area contributed by atoms with Gasteiger partial charge in [0, 0.05) is 6.04 Å². The number of rotatable bonds is 7. The first kappa shape index (κ1) is 13.9. The molecule has 110 valence electrons. The Morgan fingerprint density at radius 2 is 2.15 bits per heavy atom. The van der Waals surface area contributed by atoms with Crippen LogP contribution in [-0.4, -0.2) is 19.9 Å². The van der Waals surface area contributed by atoms with Gasteiger partial charge in [0.15, 0.2) is 6.79 Å². The number of nitrogens with one attached hydrogen (secondary N) is 1. The van der Waals surface area contributed by atoms with Crippen LogP contribution in [0.4, 0.5) is 0 Å². The van der Waals surface area contributed by atoms with Crippen LogP contribution in [-0.2, 0) is 11.2 Å². The van der Waals surface area contributed by atoms with Gasteiger partial charge < -0.3 is 14.8 Å². The summed E-state index contributed by atoms with van der Waals surface area (Å²) in [6.07, 6.45) is 6.31. The minimum atomic E-state index is 0.381. The quantitative estimate of drug-likeness (QED) is 0.611. The Morgan fingerprint density at radius 3 is 2.95 bits per heavy atom. The topological polar surface area (TPSA) is 30.5 Å². The van der Waals surface area contributed by atoms with E-state index in [0.29, 0.717) is 12.8 Å². The van der Waals surface area contributed by atoms with E-state index >= 15 is 0 Å². The second-order valence-electron chi connectivity index (χ2n) is 5.94. The summed E-state index contributed by atoms with van der Waals surface area (Å²) in [5, 5.41) is 3.57. The Labute approximate surface area is 121 Å². The van der Waals surface area contributed by atoms with Crippen molar-refractivity contribution in [3.63, 3.8) is 0 Å². The zero-order valence-electron chi connectivity index (χ0n) is 12.4. The standard InChI is InChI=1S/C17H25NO2/c1-2-18-17-5-3-4-14-10-15(8-9-16(14)17)20-12-19-11-13-6-7-13/h8-10,13,17-18H,2-7,11-12H2,1H3. The first-order chi connectivity index (χ1) is 9.86. The van der Waals surface area contributed by atoms with Crippen molar-refractivity contribution in [1.29, 1.82) is 0 Å². The van der Waals surface area contributed by atoms with Crippen molar-refractivity contribution in [3.8, 4) is 5.75 Å². The number of ether oxygens (including phenoxy) is 2. The minimum absolute atomic E-state index is 0.381. The van der Waals surface area contributed by atoms with Crippen LogP contribution in [0.2, 0.25) is 0 Å². The Kier molecular flexibility index (Phi) is 4.58. The molecule has 1 atom stereocenters. The lowest BCUT2D eigenvalue weighted by Gasteiger charge is -2.26. The van der Waals surface area contributed by atoms with E-state index in [1.54, 1.807) is 0 Å². The molecular weight excluding hydrogens is 250 g/mol. The molecule has 2 aliphatic carbocycles. The fraction of sp³-hybridized carbons (Fsp3) is 0.647. The summed E-state index contributed by atoms with van der Waals surface area (Å²) in [5.41, 5.74) is 2.88. The summed E-state index contributed by atoms with van der Waals surface area (Å²) >= 11 is 0. The highest BCUT2D eigenvalue weighted by Crippen LogP contribution is 2.32. The molecule has 0 saturated heterocycles. The van der Waals surface area contributed by atoms with E-state index in [0.717, 1.165) is 31.2 Å². The predicted molar refractivity (Wildman–Crippen MR) is 80.0 cm³/mol. The van der Waals surface area contributed by atoms with Gasteiger partial charge in [-0.3, -0.25) is 0 Å². The van der Waals surface area contributed by atoms with Crippen molar-refractivity contribution >= 4 is 0 Å². The second-order valence-corrected chi connectivity index (χ2v) is 5.94. The van der Waals surface area contributed by atoms with Gasteiger partial charge >= 0.3 is 0 Å². The largest absolute Gasteiger partial charge is 0.468 e. The number of benzene rings is 1. The van der Waals surface area contributed by atoms with Crippen molar-refractivity contribution in [1.82, 2.24) is 5.32 Å². The minimum Gasteiger partial charge on any atom is -0.468 e. The molecule has 0 aromatic heterocycles. The molecule has 1 unspecified atom stereocenters. The monoisotopic (exact) mass is 275 g/mol. The van der Waals surface area contributed by atoms with Gasteiger partial charge in [0.2, 0.25) is 0 Å². The molecule has 1 N–H and O–H groups in total. The number of fused-ring (bicyclic) bond motifs is 1. The maximum atomic E-state index is 5.70. The molecule has 0 aliphatic heterocycles. The van der Waals surface area contributed by atoms with Crippen molar-refractivity contribution in [2.75, 3.05) is 19.9 Å². The van der Waals surface area contributed by atoms with Gasteiger partial charge in [0.25, 0.3) is 0 Å². The van der Waals surface area contributed by atoms with E-state index in [2.05, 4.69) is 30.4 Å². The molecule has 0 spiro atoms. The van der Waals surface area contributed by atoms with Crippen LogP contribution in [0.5, 0.6) is 5.75 Å². The van der Waals surface area contributed by atoms with Crippen LogP contribution in [0.25, 0.3) is 0 Å². The molecule has 3 nitrogen and oxygen atoms in total. The van der Waals surface area contributed by atoms with Crippen molar-refractivity contribution < 1.29 is 9.47 Å². The summed E-state index contributed by atoms with van der Waals surface area (Å²) < 4.78 is 11.2. The molecule has 0 amide bonds. The zero-order valence-corrected chi connectivity index (χ0v) is 12.4. The van der Waals surface area contributed by atoms with Crippen LogP contribution in [0.1, 0.15) is 49.8 Å². The van der Waals surface area contributed by atoms with Crippen LogP contribution < -0.4 is 10.1 Å². The maximum Gasteiger partial charge on any atom is 0.189 e. The van der Waals surface area contributed by atoms with E-state index in [9.17, 15) is 0 Å². The Balaban J connectivity index is 1.56. The van der Waals surface area contributed by atoms with Crippen molar-refractivity contribution in [3.05, 3.63) is 29.3 Å². The highest BCUT2D eigenvalue weighted by Gasteiger charge is 2.21. The summed E-state index contributed by atoms with van der Waals surface area (Å²) in [4.78, 5) is 0. The lowest BCUT2D eigenvalue weighted by Crippen LogP contribution is -2.24. The normalized spacial score (nSPS) is 21.6. The third kappa shape index (κ3) is 3.53. The molecule has 20 heavy (non-hydrogen) atoms. The van der Waals surface area contributed by atoms with Crippen LogP contribution >= 0.6 is 0 Å². The van der Waals surface area contributed by atoms with Crippen molar-refractivity contribution in [2.24, 2.45) is 5.92 Å². The average molecular weight is 275 g/mol. The summed E-state index contributed by atoms with van der Waals surface area (Å²) in [7, 11) is 0. The second kappa shape index (κ2) is 6.59. The molecule has 1 saturated carbocycles. The smallest absolute Gasteiger partial charge is 0.189 e. The van der Waals surface area contributed by atoms with Gasteiger partial charge in [-0.05, 0) is 67.8 Å². The molecule has 3 rings (SSSR count). The molecule has 2 aliphatic rings. The van der Waals surface area contributed by atoms with Gasteiger partial charge in [-0.25, -0.2) is 0 Å². The summed E-state index contributed by atoms with van der Waals surface area (Å²) in [5.74, 6) is 1.74. The van der Waals surface area contributed by atoms with E-state index in [1.807, 2.05) is 0 Å².